The molecule has 0 aromatic heterocycles. The number of rotatable bonds is 11. The van der Waals surface area contributed by atoms with Gasteiger partial charge in [-0.15, -0.1) is 0 Å². The Morgan fingerprint density at radius 1 is 1.17 bits per heavy atom. The summed E-state index contributed by atoms with van der Waals surface area (Å²) in [6.45, 7) is 6.49. The first-order chi connectivity index (χ1) is 20.0. The van der Waals surface area contributed by atoms with E-state index in [0.717, 1.165) is 40.7 Å². The molecule has 4 rings (SSSR count). The molecule has 1 unspecified atom stereocenters. The summed E-state index contributed by atoms with van der Waals surface area (Å²) < 4.78 is 17.7. The van der Waals surface area contributed by atoms with Gasteiger partial charge >= 0.3 is 0 Å². The fraction of sp³-hybridized carbons (Fsp3) is 0.265. The number of aryl methyl sites for hydroxylation is 1. The van der Waals surface area contributed by atoms with Crippen molar-refractivity contribution in [3.63, 3.8) is 0 Å². The molecule has 0 fully saturated rings. The molecule has 41 heavy (non-hydrogen) atoms. The van der Waals surface area contributed by atoms with Gasteiger partial charge in [0, 0.05) is 28.8 Å². The van der Waals surface area contributed by atoms with Crippen LogP contribution in [0.25, 0.3) is 11.1 Å². The number of ether oxygens (including phenoxy) is 3. The molecule has 0 saturated heterocycles. The molecular formula is C34H34N2O5. The Hall–Kier alpha value is -4.51. The maximum Gasteiger partial charge on any atom is 0.270 e. The van der Waals surface area contributed by atoms with Crippen LogP contribution in [0.1, 0.15) is 60.6 Å². The van der Waals surface area contributed by atoms with Crippen LogP contribution in [-0.4, -0.2) is 11.7 Å². The molecule has 7 heteroatoms. The van der Waals surface area contributed by atoms with E-state index in [0.29, 0.717) is 22.4 Å². The Balaban J connectivity index is 1.77. The first-order valence-electron chi connectivity index (χ1n) is 13.7. The summed E-state index contributed by atoms with van der Waals surface area (Å²) in [4.78, 5) is 11.2. The van der Waals surface area contributed by atoms with Gasteiger partial charge in [-0.25, -0.2) is 0 Å². The topological polar surface area (TPSA) is 94.6 Å². The smallest absolute Gasteiger partial charge is 0.270 e. The first-order valence-corrected chi connectivity index (χ1v) is 13.7. The van der Waals surface area contributed by atoms with E-state index in [9.17, 15) is 15.4 Å². The fourth-order valence-corrected chi connectivity index (χ4v) is 4.81. The molecule has 0 N–H and O–H groups in total. The highest BCUT2D eigenvalue weighted by Gasteiger charge is 2.24. The van der Waals surface area contributed by atoms with Crippen molar-refractivity contribution < 1.29 is 19.1 Å². The summed E-state index contributed by atoms with van der Waals surface area (Å²) >= 11 is 0. The zero-order chi connectivity index (χ0) is 29.2. The fourth-order valence-electron chi connectivity index (χ4n) is 4.81. The van der Waals surface area contributed by atoms with Gasteiger partial charge in [0.1, 0.15) is 11.9 Å². The van der Waals surface area contributed by atoms with Crippen LogP contribution in [0, 0.1) is 28.4 Å². The third-order valence-electron chi connectivity index (χ3n) is 6.92. The van der Waals surface area contributed by atoms with Crippen molar-refractivity contribution in [2.75, 3.05) is 6.79 Å². The van der Waals surface area contributed by atoms with Crippen LogP contribution in [0.4, 0.5) is 5.69 Å². The van der Waals surface area contributed by atoms with E-state index >= 15 is 0 Å². The molecule has 1 heterocycles. The van der Waals surface area contributed by atoms with Crippen molar-refractivity contribution in [2.45, 2.75) is 52.9 Å². The zero-order valence-electron chi connectivity index (χ0n) is 23.6. The molecule has 1 atom stereocenters. The number of allylic oxidation sites excluding steroid dienone is 4. The van der Waals surface area contributed by atoms with Gasteiger partial charge in [0.15, 0.2) is 6.79 Å². The van der Waals surface area contributed by atoms with Crippen LogP contribution in [0.5, 0.6) is 5.75 Å². The van der Waals surface area contributed by atoms with Crippen LogP contribution in [0.15, 0.2) is 90.6 Å². The van der Waals surface area contributed by atoms with Gasteiger partial charge in [-0.3, -0.25) is 10.1 Å². The van der Waals surface area contributed by atoms with Crippen molar-refractivity contribution in [1.82, 2.24) is 0 Å². The second-order valence-corrected chi connectivity index (χ2v) is 9.75. The first kappa shape index (κ1) is 29.5. The lowest BCUT2D eigenvalue weighted by Crippen LogP contribution is -2.15. The highest BCUT2D eigenvalue weighted by Crippen LogP contribution is 2.37. The second kappa shape index (κ2) is 14.2. The Labute approximate surface area is 241 Å². The van der Waals surface area contributed by atoms with Gasteiger partial charge < -0.3 is 14.2 Å². The predicted octanol–water partition coefficient (Wildman–Crippen LogP) is 8.43. The van der Waals surface area contributed by atoms with Crippen molar-refractivity contribution in [1.29, 1.82) is 5.26 Å². The molecule has 0 aliphatic carbocycles. The van der Waals surface area contributed by atoms with Crippen molar-refractivity contribution in [2.24, 2.45) is 0 Å². The van der Waals surface area contributed by atoms with Crippen molar-refractivity contribution in [3.8, 4) is 22.9 Å². The van der Waals surface area contributed by atoms with Gasteiger partial charge in [-0.2, -0.15) is 5.26 Å². The summed E-state index contributed by atoms with van der Waals surface area (Å²) in [5, 5.41) is 21.5. The van der Waals surface area contributed by atoms with Crippen LogP contribution in [-0.2, 0) is 22.7 Å². The number of hydrogen-bond acceptors (Lipinski definition) is 6. The summed E-state index contributed by atoms with van der Waals surface area (Å²) in [6.07, 6.45) is 11.7. The highest BCUT2D eigenvalue weighted by molar-refractivity contribution is 5.74. The van der Waals surface area contributed by atoms with Crippen LogP contribution < -0.4 is 4.74 Å². The normalized spacial score (nSPS) is 14.0. The van der Waals surface area contributed by atoms with E-state index < -0.39 is 11.0 Å². The molecule has 0 spiro atoms. The van der Waals surface area contributed by atoms with E-state index in [1.807, 2.05) is 80.6 Å². The number of hydrogen-bond donors (Lipinski definition) is 0. The molecule has 3 aromatic carbocycles. The minimum atomic E-state index is -0.513. The number of nitro groups is 1. The number of nitrogens with zero attached hydrogens (tertiary/aromatic N) is 2. The number of nitriles is 1. The molecule has 0 bridgehead atoms. The summed E-state index contributed by atoms with van der Waals surface area (Å²) in [6, 6.07) is 19.0. The number of unbranched alkanes of at least 4 members (excludes halogenated alkanes) is 1. The third-order valence-corrected chi connectivity index (χ3v) is 6.92. The van der Waals surface area contributed by atoms with Gasteiger partial charge in [-0.05, 0) is 54.7 Å². The van der Waals surface area contributed by atoms with E-state index in [2.05, 4.69) is 19.1 Å². The van der Waals surface area contributed by atoms with Gasteiger partial charge in [0.2, 0.25) is 0 Å². The average molecular weight is 551 g/mol. The monoisotopic (exact) mass is 550 g/mol. The highest BCUT2D eigenvalue weighted by atomic mass is 16.7. The summed E-state index contributed by atoms with van der Waals surface area (Å²) in [7, 11) is 0. The SMILES string of the molecule is C\C=C(/C=C\C=C\CCC)C(OCc1cc([N+](=O)[O-])cc2c1OCOC2)c1ccc(C#N)c(-c2ccccc2C)c1. The van der Waals surface area contributed by atoms with E-state index in [-0.39, 0.29) is 25.7 Å². The average Bonchev–Trinajstić information content (AvgIpc) is 2.99. The molecule has 1 aliphatic heterocycles. The minimum Gasteiger partial charge on any atom is -0.467 e. The number of nitro benzene ring substituents is 1. The molecule has 210 valence electrons. The maximum absolute atomic E-state index is 11.6. The molecule has 0 saturated carbocycles. The Morgan fingerprint density at radius 3 is 2.73 bits per heavy atom. The lowest BCUT2D eigenvalue weighted by atomic mass is 9.91. The van der Waals surface area contributed by atoms with E-state index in [4.69, 9.17) is 14.2 Å². The Morgan fingerprint density at radius 2 is 2.00 bits per heavy atom. The van der Waals surface area contributed by atoms with Gasteiger partial charge in [-0.1, -0.05) is 74.1 Å². The van der Waals surface area contributed by atoms with Gasteiger partial charge in [0.25, 0.3) is 5.69 Å². The lowest BCUT2D eigenvalue weighted by molar-refractivity contribution is -0.385. The molecular weight excluding hydrogens is 516 g/mol. The minimum absolute atomic E-state index is 0.0413. The zero-order valence-corrected chi connectivity index (χ0v) is 23.6. The predicted molar refractivity (Wildman–Crippen MR) is 159 cm³/mol. The van der Waals surface area contributed by atoms with Crippen LogP contribution >= 0.6 is 0 Å². The Kier molecular flexibility index (Phi) is 10.2. The van der Waals surface area contributed by atoms with Crippen molar-refractivity contribution >= 4 is 5.69 Å². The number of non-ortho nitro benzene ring substituents is 1. The number of benzene rings is 3. The summed E-state index contributed by atoms with van der Waals surface area (Å²) in [5.41, 5.74) is 6.37. The molecule has 0 amide bonds. The molecule has 0 radical (unpaired) electrons. The molecule has 1 aliphatic rings. The molecule has 7 nitrogen and oxygen atoms in total. The maximum atomic E-state index is 11.6. The van der Waals surface area contributed by atoms with Crippen LogP contribution in [0.3, 0.4) is 0 Å². The Bertz CT molecular complexity index is 1530. The number of fused-ring (bicyclic) bond motifs is 1. The van der Waals surface area contributed by atoms with E-state index in [1.165, 1.54) is 12.1 Å². The standard InChI is InChI=1S/C34H34N2O5/c1-4-6-7-8-9-13-25(5-2)33(26-15-16-27(20-35)32(19-26)31-14-11-10-12-24(31)3)40-22-29-18-30(36(37)38)17-28-21-39-23-41-34(28)29/h5,7-19,33H,4,6,21-23H2,1-3H3/b8-7+,13-9-,25-5+. The lowest BCUT2D eigenvalue weighted by Gasteiger charge is -2.24. The quantitative estimate of drug-likeness (QED) is 0.135. The van der Waals surface area contributed by atoms with Crippen LogP contribution in [0.2, 0.25) is 0 Å². The van der Waals surface area contributed by atoms with Gasteiger partial charge in [0.05, 0.1) is 29.8 Å². The van der Waals surface area contributed by atoms with E-state index in [1.54, 1.807) is 0 Å². The van der Waals surface area contributed by atoms with Crippen molar-refractivity contribution in [3.05, 3.63) is 128 Å². The third kappa shape index (κ3) is 7.17. The second-order valence-electron chi connectivity index (χ2n) is 9.75. The largest absolute Gasteiger partial charge is 0.467 e. The molecule has 3 aromatic rings. The summed E-state index contributed by atoms with van der Waals surface area (Å²) in [5.74, 6) is 0.557.